The number of aromatic nitrogens is 2. The summed E-state index contributed by atoms with van der Waals surface area (Å²) in [6.45, 7) is 4.23. The van der Waals surface area contributed by atoms with Crippen molar-refractivity contribution >= 4 is 11.6 Å². The number of ether oxygens (including phenoxy) is 1. The van der Waals surface area contributed by atoms with Crippen molar-refractivity contribution in [3.63, 3.8) is 0 Å². The van der Waals surface area contributed by atoms with Gasteiger partial charge in [-0.3, -0.25) is 4.79 Å². The maximum absolute atomic E-state index is 14.4. The van der Waals surface area contributed by atoms with Crippen molar-refractivity contribution in [2.75, 3.05) is 32.1 Å². The molecule has 1 fully saturated rings. The van der Waals surface area contributed by atoms with Crippen molar-refractivity contribution in [1.82, 2.24) is 9.78 Å². The monoisotopic (exact) mass is 479 g/mol. The molecule has 6 heteroatoms. The van der Waals surface area contributed by atoms with Gasteiger partial charge in [0, 0.05) is 23.9 Å². The van der Waals surface area contributed by atoms with Crippen LogP contribution < -0.4 is 14.5 Å². The molecule has 3 atom stereocenters. The fraction of sp³-hybridized carbons (Fsp3) is 0.267. The summed E-state index contributed by atoms with van der Waals surface area (Å²) in [5.74, 6) is 1.14. The molecule has 1 N–H and O–H groups in total. The topological polar surface area (TPSA) is 51.8 Å². The van der Waals surface area contributed by atoms with Gasteiger partial charge in [0.2, 0.25) is 0 Å². The predicted octanol–water partition coefficient (Wildman–Crippen LogP) is 3.89. The van der Waals surface area contributed by atoms with E-state index in [1.54, 1.807) is 7.11 Å². The summed E-state index contributed by atoms with van der Waals surface area (Å²) in [6, 6.07) is 24.4. The van der Waals surface area contributed by atoms with E-state index in [9.17, 15) is 4.79 Å². The smallest absolute Gasteiger partial charge is 0.262 e. The molecular formula is C30H31N4O2+. The normalized spacial score (nSPS) is 20.6. The summed E-state index contributed by atoms with van der Waals surface area (Å²) in [7, 11) is 3.90. The van der Waals surface area contributed by atoms with Crippen LogP contribution in [0.25, 0.3) is 16.9 Å². The zero-order valence-electron chi connectivity index (χ0n) is 20.9. The number of para-hydroxylation sites is 1. The maximum atomic E-state index is 14.4. The Balaban J connectivity index is 1.48. The lowest BCUT2D eigenvalue weighted by molar-refractivity contribution is -0.886. The molecule has 6 rings (SSSR count). The standard InChI is InChI=1S/C30H30N4O2/c1-20-9-14-27-24(17-20)25-18-32(2)16-15-28(25)34(27)30(35)26-19-33(22-7-5-4-6-8-22)31-29(26)21-10-12-23(36-3)13-11-21/h4-14,17,19,25,28H,15-16,18H2,1-3H3/p+1/t25-,28+/m1/s1. The van der Waals surface area contributed by atoms with Crippen molar-refractivity contribution in [2.45, 2.75) is 25.3 Å². The quantitative estimate of drug-likeness (QED) is 0.483. The molecule has 0 aliphatic carbocycles. The van der Waals surface area contributed by atoms with Crippen LogP contribution in [0.4, 0.5) is 5.69 Å². The number of aryl methyl sites for hydroxylation is 1. The van der Waals surface area contributed by atoms with E-state index in [2.05, 4.69) is 37.1 Å². The van der Waals surface area contributed by atoms with Crippen molar-refractivity contribution < 1.29 is 14.4 Å². The van der Waals surface area contributed by atoms with Gasteiger partial charge in [0.15, 0.2) is 0 Å². The second-order valence-electron chi connectivity index (χ2n) is 10.0. The summed E-state index contributed by atoms with van der Waals surface area (Å²) in [4.78, 5) is 18.0. The number of benzene rings is 3. The van der Waals surface area contributed by atoms with E-state index in [4.69, 9.17) is 9.84 Å². The Morgan fingerprint density at radius 3 is 2.58 bits per heavy atom. The Morgan fingerprint density at radius 1 is 1.06 bits per heavy atom. The first-order valence-electron chi connectivity index (χ1n) is 12.6. The van der Waals surface area contributed by atoms with E-state index in [0.29, 0.717) is 17.2 Å². The average molecular weight is 480 g/mol. The van der Waals surface area contributed by atoms with Gasteiger partial charge in [-0.1, -0.05) is 35.9 Å². The van der Waals surface area contributed by atoms with Crippen LogP contribution in [-0.4, -0.2) is 49.0 Å². The van der Waals surface area contributed by atoms with Crippen molar-refractivity contribution in [3.8, 4) is 22.7 Å². The molecule has 36 heavy (non-hydrogen) atoms. The molecule has 0 radical (unpaired) electrons. The molecule has 182 valence electrons. The summed E-state index contributed by atoms with van der Waals surface area (Å²) >= 11 is 0. The van der Waals surface area contributed by atoms with Gasteiger partial charge >= 0.3 is 0 Å². The summed E-state index contributed by atoms with van der Waals surface area (Å²) in [5.41, 5.74) is 6.69. The molecule has 6 nitrogen and oxygen atoms in total. The second kappa shape index (κ2) is 8.95. The molecule has 1 amide bonds. The molecule has 0 bridgehead atoms. The number of carbonyl (C=O) groups excluding carboxylic acids is 1. The molecule has 1 aromatic heterocycles. The second-order valence-corrected chi connectivity index (χ2v) is 10.0. The highest BCUT2D eigenvalue weighted by molar-refractivity contribution is 6.11. The highest BCUT2D eigenvalue weighted by Gasteiger charge is 2.46. The van der Waals surface area contributed by atoms with E-state index < -0.39 is 0 Å². The number of methoxy groups -OCH3 is 1. The van der Waals surface area contributed by atoms with Crippen LogP contribution in [0.1, 0.15) is 33.8 Å². The van der Waals surface area contributed by atoms with Gasteiger partial charge in [0.25, 0.3) is 5.91 Å². The highest BCUT2D eigenvalue weighted by atomic mass is 16.5. The number of likely N-dealkylation sites (N-methyl/N-ethyl adjacent to an activating group) is 1. The molecule has 0 saturated carbocycles. The molecule has 3 heterocycles. The van der Waals surface area contributed by atoms with Crippen LogP contribution in [0, 0.1) is 6.92 Å². The Bertz CT molecular complexity index is 1410. The Hall–Kier alpha value is -3.90. The van der Waals surface area contributed by atoms with Gasteiger partial charge < -0.3 is 14.5 Å². The Morgan fingerprint density at radius 2 is 1.83 bits per heavy atom. The molecule has 1 saturated heterocycles. The third-order valence-corrected chi connectivity index (χ3v) is 7.62. The number of nitrogens with zero attached hydrogens (tertiary/aromatic N) is 3. The van der Waals surface area contributed by atoms with Gasteiger partial charge in [-0.2, -0.15) is 5.10 Å². The minimum atomic E-state index is 0.0140. The highest BCUT2D eigenvalue weighted by Crippen LogP contribution is 2.44. The van der Waals surface area contributed by atoms with Gasteiger partial charge in [-0.05, 0) is 55.0 Å². The number of fused-ring (bicyclic) bond motifs is 3. The van der Waals surface area contributed by atoms with Crippen LogP contribution in [0.15, 0.2) is 79.0 Å². The number of piperidine rings is 1. The molecule has 2 aliphatic rings. The largest absolute Gasteiger partial charge is 0.497 e. The minimum Gasteiger partial charge on any atom is -0.497 e. The predicted molar refractivity (Wildman–Crippen MR) is 141 cm³/mol. The third kappa shape index (κ3) is 3.78. The summed E-state index contributed by atoms with van der Waals surface area (Å²) in [6.07, 6.45) is 2.87. The number of carbonyl (C=O) groups is 1. The van der Waals surface area contributed by atoms with Crippen LogP contribution >= 0.6 is 0 Å². The number of rotatable bonds is 4. The van der Waals surface area contributed by atoms with Crippen LogP contribution in [0.2, 0.25) is 0 Å². The molecule has 2 aliphatic heterocycles. The van der Waals surface area contributed by atoms with Gasteiger partial charge in [-0.15, -0.1) is 0 Å². The third-order valence-electron chi connectivity index (χ3n) is 7.62. The molecule has 3 aromatic carbocycles. The number of anilines is 1. The first-order valence-corrected chi connectivity index (χ1v) is 12.6. The first-order chi connectivity index (χ1) is 17.5. The molecule has 4 aromatic rings. The van der Waals surface area contributed by atoms with Gasteiger partial charge in [0.05, 0.1) is 50.5 Å². The van der Waals surface area contributed by atoms with E-state index in [-0.39, 0.29) is 11.9 Å². The Kier molecular flexibility index (Phi) is 5.61. The SMILES string of the molecule is COc1ccc(-c2nn(-c3ccccc3)cc2C(=O)N2c3ccc(C)cc3[C@H]3C[NH+](C)CC[C@@H]32)cc1. The maximum Gasteiger partial charge on any atom is 0.262 e. The van der Waals surface area contributed by atoms with Crippen LogP contribution in [-0.2, 0) is 0 Å². The van der Waals surface area contributed by atoms with E-state index in [1.807, 2.05) is 65.5 Å². The molecule has 1 unspecified atom stereocenters. The fourth-order valence-corrected chi connectivity index (χ4v) is 5.80. The lowest BCUT2D eigenvalue weighted by Crippen LogP contribution is -3.11. The summed E-state index contributed by atoms with van der Waals surface area (Å²) < 4.78 is 7.17. The lowest BCUT2D eigenvalue weighted by atomic mass is 9.88. The Labute approximate surface area is 211 Å². The number of hydrogen-bond donors (Lipinski definition) is 1. The fourth-order valence-electron chi connectivity index (χ4n) is 5.80. The van der Waals surface area contributed by atoms with Gasteiger partial charge in [-0.25, -0.2) is 4.68 Å². The van der Waals surface area contributed by atoms with Crippen LogP contribution in [0.5, 0.6) is 5.75 Å². The first kappa shape index (κ1) is 22.6. The number of amides is 1. The number of hydrogen-bond acceptors (Lipinski definition) is 3. The lowest BCUT2D eigenvalue weighted by Gasteiger charge is -2.34. The molecular weight excluding hydrogens is 448 g/mol. The van der Waals surface area contributed by atoms with E-state index in [1.165, 1.54) is 16.0 Å². The molecule has 0 spiro atoms. The number of likely N-dealkylation sites (tertiary alicyclic amines) is 1. The number of quaternary nitrogens is 1. The van der Waals surface area contributed by atoms with Crippen molar-refractivity contribution in [3.05, 3.63) is 95.7 Å². The average Bonchev–Trinajstić information content (AvgIpc) is 3.49. The van der Waals surface area contributed by atoms with E-state index >= 15 is 0 Å². The van der Waals surface area contributed by atoms with Gasteiger partial charge in [0.1, 0.15) is 11.4 Å². The van der Waals surface area contributed by atoms with Crippen LogP contribution in [0.3, 0.4) is 0 Å². The van der Waals surface area contributed by atoms with E-state index in [0.717, 1.165) is 42.2 Å². The number of nitrogens with one attached hydrogen (secondary N) is 1. The zero-order chi connectivity index (χ0) is 24.8. The zero-order valence-corrected chi connectivity index (χ0v) is 20.9. The van der Waals surface area contributed by atoms with Crippen molar-refractivity contribution in [2.24, 2.45) is 0 Å². The minimum absolute atomic E-state index is 0.0140. The van der Waals surface area contributed by atoms with Crippen molar-refractivity contribution in [1.29, 1.82) is 0 Å². The summed E-state index contributed by atoms with van der Waals surface area (Å²) in [5, 5.41) is 4.91.